The SMILES string of the molecule is CCc1sc(-c2nnc(COC(=O)C3CCN(S(=O)(=O)c4ccc(C)cc4)CC3)o2)cc1C. The van der Waals surface area contributed by atoms with Crippen molar-refractivity contribution in [2.45, 2.75) is 51.5 Å². The zero-order chi connectivity index (χ0) is 23.6. The summed E-state index contributed by atoms with van der Waals surface area (Å²) in [6, 6.07) is 8.81. The Bertz CT molecular complexity index is 1220. The van der Waals surface area contributed by atoms with Crippen LogP contribution in [0.2, 0.25) is 0 Å². The van der Waals surface area contributed by atoms with Crippen LogP contribution in [0, 0.1) is 19.8 Å². The average molecular weight is 490 g/mol. The third kappa shape index (κ3) is 5.18. The van der Waals surface area contributed by atoms with Gasteiger partial charge in [0.2, 0.25) is 10.0 Å². The molecule has 0 amide bonds. The fourth-order valence-electron chi connectivity index (χ4n) is 3.83. The van der Waals surface area contributed by atoms with Gasteiger partial charge < -0.3 is 9.15 Å². The number of benzene rings is 1. The molecule has 0 N–H and O–H groups in total. The zero-order valence-electron chi connectivity index (χ0n) is 18.9. The summed E-state index contributed by atoms with van der Waals surface area (Å²) in [5.41, 5.74) is 2.19. The predicted molar refractivity (Wildman–Crippen MR) is 124 cm³/mol. The van der Waals surface area contributed by atoms with Crippen molar-refractivity contribution in [2.75, 3.05) is 13.1 Å². The van der Waals surface area contributed by atoms with E-state index in [1.54, 1.807) is 35.6 Å². The van der Waals surface area contributed by atoms with Gasteiger partial charge >= 0.3 is 5.97 Å². The van der Waals surface area contributed by atoms with Gasteiger partial charge in [0.05, 0.1) is 15.7 Å². The molecule has 0 atom stereocenters. The van der Waals surface area contributed by atoms with Crippen molar-refractivity contribution in [2.24, 2.45) is 5.92 Å². The van der Waals surface area contributed by atoms with E-state index >= 15 is 0 Å². The summed E-state index contributed by atoms with van der Waals surface area (Å²) in [7, 11) is -3.56. The van der Waals surface area contributed by atoms with Crippen molar-refractivity contribution in [1.29, 1.82) is 0 Å². The molecule has 0 aliphatic carbocycles. The van der Waals surface area contributed by atoms with E-state index in [2.05, 4.69) is 24.0 Å². The smallest absolute Gasteiger partial charge is 0.309 e. The quantitative estimate of drug-likeness (QED) is 0.460. The minimum Gasteiger partial charge on any atom is -0.455 e. The molecule has 0 bridgehead atoms. The maximum atomic E-state index is 12.8. The van der Waals surface area contributed by atoms with Crippen LogP contribution < -0.4 is 0 Å². The number of rotatable bonds is 7. The van der Waals surface area contributed by atoms with Gasteiger partial charge in [-0.1, -0.05) is 24.6 Å². The number of hydrogen-bond acceptors (Lipinski definition) is 8. The second kappa shape index (κ2) is 9.74. The molecule has 2 aromatic heterocycles. The molecule has 3 heterocycles. The van der Waals surface area contributed by atoms with Crippen molar-refractivity contribution in [3.63, 3.8) is 0 Å². The van der Waals surface area contributed by atoms with Crippen molar-refractivity contribution in [3.05, 3.63) is 52.2 Å². The van der Waals surface area contributed by atoms with Gasteiger partial charge in [0.15, 0.2) is 6.61 Å². The monoisotopic (exact) mass is 489 g/mol. The molecule has 33 heavy (non-hydrogen) atoms. The van der Waals surface area contributed by atoms with E-state index < -0.39 is 10.0 Å². The van der Waals surface area contributed by atoms with Crippen LogP contribution in [0.5, 0.6) is 0 Å². The highest BCUT2D eigenvalue weighted by molar-refractivity contribution is 7.89. The number of aromatic nitrogens is 2. The molecular formula is C23H27N3O5S2. The molecule has 1 saturated heterocycles. The second-order valence-corrected chi connectivity index (χ2v) is 11.2. The van der Waals surface area contributed by atoms with Gasteiger partial charge in [-0.3, -0.25) is 4.79 Å². The Hall–Kier alpha value is -2.56. The first-order valence-corrected chi connectivity index (χ1v) is 13.2. The molecule has 4 rings (SSSR count). The van der Waals surface area contributed by atoms with Crippen molar-refractivity contribution in [1.82, 2.24) is 14.5 Å². The summed E-state index contributed by atoms with van der Waals surface area (Å²) in [4.78, 5) is 15.0. The lowest BCUT2D eigenvalue weighted by atomic mass is 9.98. The summed E-state index contributed by atoms with van der Waals surface area (Å²) in [5.74, 6) is -0.0726. The third-order valence-electron chi connectivity index (χ3n) is 5.80. The lowest BCUT2D eigenvalue weighted by Crippen LogP contribution is -2.40. The number of aryl methyl sites for hydroxylation is 3. The number of carbonyl (C=O) groups is 1. The zero-order valence-corrected chi connectivity index (χ0v) is 20.5. The fraction of sp³-hybridized carbons (Fsp3) is 0.435. The van der Waals surface area contributed by atoms with Gasteiger partial charge in [0.25, 0.3) is 11.8 Å². The maximum Gasteiger partial charge on any atom is 0.309 e. The predicted octanol–water partition coefficient (Wildman–Crippen LogP) is 4.12. The number of piperidine rings is 1. The lowest BCUT2D eigenvalue weighted by Gasteiger charge is -2.30. The number of hydrogen-bond donors (Lipinski definition) is 0. The van der Waals surface area contributed by atoms with E-state index in [0.717, 1.165) is 16.9 Å². The highest BCUT2D eigenvalue weighted by atomic mass is 32.2. The molecule has 3 aromatic rings. The van der Waals surface area contributed by atoms with Gasteiger partial charge in [0.1, 0.15) is 0 Å². The Morgan fingerprint density at radius 2 is 1.88 bits per heavy atom. The Morgan fingerprint density at radius 3 is 2.52 bits per heavy atom. The van der Waals surface area contributed by atoms with Crippen LogP contribution in [0.4, 0.5) is 0 Å². The lowest BCUT2D eigenvalue weighted by molar-refractivity contribution is -0.151. The summed E-state index contributed by atoms with van der Waals surface area (Å²) in [6.07, 6.45) is 1.76. The van der Waals surface area contributed by atoms with Crippen LogP contribution in [0.15, 0.2) is 39.6 Å². The Labute approximate surface area is 197 Å². The van der Waals surface area contributed by atoms with Gasteiger partial charge in [-0.05, 0) is 56.9 Å². The van der Waals surface area contributed by atoms with Crippen molar-refractivity contribution >= 4 is 27.3 Å². The summed E-state index contributed by atoms with van der Waals surface area (Å²) in [6.45, 7) is 6.52. The van der Waals surface area contributed by atoms with E-state index in [1.807, 2.05) is 13.0 Å². The van der Waals surface area contributed by atoms with Crippen molar-refractivity contribution < 1.29 is 22.4 Å². The molecule has 8 nitrogen and oxygen atoms in total. The number of esters is 1. The minimum absolute atomic E-state index is 0.0985. The van der Waals surface area contributed by atoms with Crippen LogP contribution in [0.3, 0.4) is 0 Å². The summed E-state index contributed by atoms with van der Waals surface area (Å²) >= 11 is 1.62. The highest BCUT2D eigenvalue weighted by Gasteiger charge is 2.33. The summed E-state index contributed by atoms with van der Waals surface area (Å²) < 4.78 is 38.1. The van der Waals surface area contributed by atoms with Crippen molar-refractivity contribution in [3.8, 4) is 10.8 Å². The third-order valence-corrected chi connectivity index (χ3v) is 9.09. The van der Waals surface area contributed by atoms with E-state index in [4.69, 9.17) is 9.15 Å². The Kier molecular flexibility index (Phi) is 6.96. The van der Waals surface area contributed by atoms with Crippen LogP contribution in [-0.4, -0.2) is 42.0 Å². The standard InChI is InChI=1S/C23H27N3O5S2/c1-4-19-16(3)13-20(32-19)22-25-24-21(31-22)14-30-23(27)17-9-11-26(12-10-17)33(28,29)18-7-5-15(2)6-8-18/h5-8,13,17H,4,9-12,14H2,1-3H3. The van der Waals surface area contributed by atoms with Crippen LogP contribution in [-0.2, 0) is 32.6 Å². The maximum absolute atomic E-state index is 12.8. The van der Waals surface area contributed by atoms with E-state index in [0.29, 0.717) is 18.7 Å². The highest BCUT2D eigenvalue weighted by Crippen LogP contribution is 2.31. The molecule has 10 heteroatoms. The van der Waals surface area contributed by atoms with Crippen LogP contribution >= 0.6 is 11.3 Å². The normalized spacial score (nSPS) is 15.6. The molecule has 0 saturated carbocycles. The average Bonchev–Trinajstić information content (AvgIpc) is 3.44. The Morgan fingerprint density at radius 1 is 1.18 bits per heavy atom. The molecule has 1 fully saturated rings. The molecule has 0 unspecified atom stereocenters. The van der Waals surface area contributed by atoms with Gasteiger partial charge in [-0.15, -0.1) is 21.5 Å². The second-order valence-electron chi connectivity index (χ2n) is 8.17. The topological polar surface area (TPSA) is 103 Å². The number of nitrogens with zero attached hydrogens (tertiary/aromatic N) is 3. The van der Waals surface area contributed by atoms with Crippen LogP contribution in [0.1, 0.15) is 41.7 Å². The van der Waals surface area contributed by atoms with E-state index in [-0.39, 0.29) is 42.4 Å². The van der Waals surface area contributed by atoms with Crippen LogP contribution in [0.25, 0.3) is 10.8 Å². The number of ether oxygens (including phenoxy) is 1. The molecule has 1 aromatic carbocycles. The number of thiophene rings is 1. The molecule has 1 aliphatic rings. The van der Waals surface area contributed by atoms with Gasteiger partial charge in [0, 0.05) is 18.0 Å². The van der Waals surface area contributed by atoms with E-state index in [9.17, 15) is 13.2 Å². The first kappa shape index (κ1) is 23.6. The first-order valence-electron chi connectivity index (χ1n) is 10.9. The molecule has 176 valence electrons. The molecule has 0 radical (unpaired) electrons. The minimum atomic E-state index is -3.56. The van der Waals surface area contributed by atoms with Gasteiger partial charge in [-0.25, -0.2) is 8.42 Å². The fourth-order valence-corrected chi connectivity index (χ4v) is 6.33. The molecular weight excluding hydrogens is 462 g/mol. The number of sulfonamides is 1. The summed E-state index contributed by atoms with van der Waals surface area (Å²) in [5, 5.41) is 8.05. The van der Waals surface area contributed by atoms with E-state index in [1.165, 1.54) is 14.7 Å². The largest absolute Gasteiger partial charge is 0.455 e. The number of carbonyl (C=O) groups excluding carboxylic acids is 1. The Balaban J connectivity index is 1.30. The molecule has 0 spiro atoms. The molecule has 1 aliphatic heterocycles. The van der Waals surface area contributed by atoms with Gasteiger partial charge in [-0.2, -0.15) is 4.31 Å². The first-order chi connectivity index (χ1) is 15.8.